The highest BCUT2D eigenvalue weighted by Crippen LogP contribution is 2.29. The number of hydrogen-bond acceptors (Lipinski definition) is 5. The summed E-state index contributed by atoms with van der Waals surface area (Å²) in [7, 11) is 0. The number of nitrogens with zero attached hydrogens (tertiary/aromatic N) is 3. The lowest BCUT2D eigenvalue weighted by Gasteiger charge is -2.37. The molecule has 1 aliphatic heterocycles. The lowest BCUT2D eigenvalue weighted by Crippen LogP contribution is -2.49. The van der Waals surface area contributed by atoms with Gasteiger partial charge in [0, 0.05) is 41.6 Å². The standard InChI is InChI=1S/C16H30N4S/c1-15(2,3)13-18-14(21-19-13)20-10-8-7-9-12(20)11-17-16(4,5)6/h12,17H,7-11H2,1-6H3. The SMILES string of the molecule is CC(C)(C)NCC1CCCCN1c1nc(C(C)(C)C)ns1. The molecule has 1 aromatic heterocycles. The molecule has 5 heteroatoms. The van der Waals surface area contributed by atoms with E-state index in [0.29, 0.717) is 6.04 Å². The molecule has 0 bridgehead atoms. The molecule has 4 nitrogen and oxygen atoms in total. The van der Waals surface area contributed by atoms with Crippen molar-refractivity contribution in [3.05, 3.63) is 5.82 Å². The van der Waals surface area contributed by atoms with Gasteiger partial charge in [0.25, 0.3) is 0 Å². The molecule has 0 aliphatic carbocycles. The highest BCUT2D eigenvalue weighted by Gasteiger charge is 2.28. The van der Waals surface area contributed by atoms with Gasteiger partial charge < -0.3 is 10.2 Å². The topological polar surface area (TPSA) is 41.0 Å². The van der Waals surface area contributed by atoms with Gasteiger partial charge in [0.1, 0.15) is 5.82 Å². The fourth-order valence-corrected chi connectivity index (χ4v) is 3.48. The average Bonchev–Trinajstić information content (AvgIpc) is 2.85. The Balaban J connectivity index is 2.09. The lowest BCUT2D eigenvalue weighted by atomic mass is 9.96. The van der Waals surface area contributed by atoms with E-state index < -0.39 is 0 Å². The van der Waals surface area contributed by atoms with Gasteiger partial charge in [-0.05, 0) is 40.0 Å². The Labute approximate surface area is 133 Å². The summed E-state index contributed by atoms with van der Waals surface area (Å²) < 4.78 is 4.57. The van der Waals surface area contributed by atoms with E-state index in [2.05, 4.69) is 56.1 Å². The van der Waals surface area contributed by atoms with Crippen molar-refractivity contribution in [2.75, 3.05) is 18.0 Å². The predicted octanol–water partition coefficient (Wildman–Crippen LogP) is 3.58. The van der Waals surface area contributed by atoms with Crippen LogP contribution in [0.5, 0.6) is 0 Å². The van der Waals surface area contributed by atoms with Gasteiger partial charge >= 0.3 is 0 Å². The molecular weight excluding hydrogens is 280 g/mol. The van der Waals surface area contributed by atoms with Gasteiger partial charge in [-0.2, -0.15) is 4.37 Å². The van der Waals surface area contributed by atoms with E-state index >= 15 is 0 Å². The fraction of sp³-hybridized carbons (Fsp3) is 0.875. The zero-order valence-corrected chi connectivity index (χ0v) is 15.2. The van der Waals surface area contributed by atoms with Crippen molar-refractivity contribution in [3.63, 3.8) is 0 Å². The minimum Gasteiger partial charge on any atom is -0.343 e. The summed E-state index contributed by atoms with van der Waals surface area (Å²) in [6.45, 7) is 15.3. The molecule has 0 spiro atoms. The number of hydrogen-bond donors (Lipinski definition) is 1. The third-order valence-corrected chi connectivity index (χ3v) is 4.58. The van der Waals surface area contributed by atoms with Crippen molar-refractivity contribution in [1.29, 1.82) is 0 Å². The van der Waals surface area contributed by atoms with Crippen LogP contribution in [0.3, 0.4) is 0 Å². The average molecular weight is 311 g/mol. The summed E-state index contributed by atoms with van der Waals surface area (Å²) in [5.74, 6) is 0.968. The molecule has 21 heavy (non-hydrogen) atoms. The second kappa shape index (κ2) is 6.21. The number of rotatable bonds is 3. The molecule has 0 aromatic carbocycles. The highest BCUT2D eigenvalue weighted by molar-refractivity contribution is 7.09. The Morgan fingerprint density at radius 1 is 1.19 bits per heavy atom. The Kier molecular flexibility index (Phi) is 4.93. The summed E-state index contributed by atoms with van der Waals surface area (Å²) in [5.41, 5.74) is 0.199. The van der Waals surface area contributed by atoms with Gasteiger partial charge in [-0.15, -0.1) is 0 Å². The first-order valence-electron chi connectivity index (χ1n) is 8.03. The molecule has 0 radical (unpaired) electrons. The summed E-state index contributed by atoms with van der Waals surface area (Å²) in [6, 6.07) is 0.541. The normalized spacial score (nSPS) is 20.9. The van der Waals surface area contributed by atoms with Gasteiger partial charge in [0.15, 0.2) is 0 Å². The zero-order chi connectivity index (χ0) is 15.7. The van der Waals surface area contributed by atoms with Crippen LogP contribution in [0.4, 0.5) is 5.13 Å². The molecule has 1 unspecified atom stereocenters. The molecule has 0 amide bonds. The van der Waals surface area contributed by atoms with Crippen molar-refractivity contribution in [1.82, 2.24) is 14.7 Å². The number of piperidine rings is 1. The smallest absolute Gasteiger partial charge is 0.205 e. The van der Waals surface area contributed by atoms with Crippen LogP contribution < -0.4 is 10.2 Å². The second-order valence-corrected chi connectivity index (χ2v) is 8.85. The van der Waals surface area contributed by atoms with Crippen LogP contribution in [-0.4, -0.2) is 34.0 Å². The van der Waals surface area contributed by atoms with Gasteiger partial charge in [0.2, 0.25) is 5.13 Å². The molecule has 1 aliphatic rings. The molecule has 1 aromatic rings. The maximum Gasteiger partial charge on any atom is 0.205 e. The van der Waals surface area contributed by atoms with Crippen molar-refractivity contribution in [2.24, 2.45) is 0 Å². The molecular formula is C16H30N4S. The maximum absolute atomic E-state index is 4.81. The van der Waals surface area contributed by atoms with Crippen LogP contribution in [0.25, 0.3) is 0 Å². The Morgan fingerprint density at radius 2 is 1.90 bits per heavy atom. The zero-order valence-electron chi connectivity index (χ0n) is 14.4. The summed E-state index contributed by atoms with van der Waals surface area (Å²) in [6.07, 6.45) is 3.82. The Morgan fingerprint density at radius 3 is 2.48 bits per heavy atom. The number of nitrogens with one attached hydrogen (secondary N) is 1. The van der Waals surface area contributed by atoms with Crippen LogP contribution in [0.15, 0.2) is 0 Å². The first kappa shape index (κ1) is 16.7. The Bertz CT molecular complexity index is 456. The summed E-state index contributed by atoms with van der Waals surface area (Å²) in [5, 5.41) is 4.74. The van der Waals surface area contributed by atoms with Crippen LogP contribution in [0, 0.1) is 0 Å². The molecule has 2 heterocycles. The van der Waals surface area contributed by atoms with Crippen molar-refractivity contribution >= 4 is 16.7 Å². The first-order valence-corrected chi connectivity index (χ1v) is 8.80. The van der Waals surface area contributed by atoms with Crippen molar-refractivity contribution in [2.45, 2.75) is 77.8 Å². The molecule has 1 N–H and O–H groups in total. The summed E-state index contributed by atoms with van der Waals surface area (Å²) >= 11 is 1.56. The minimum absolute atomic E-state index is 0.0314. The van der Waals surface area contributed by atoms with E-state index in [0.717, 1.165) is 24.0 Å². The van der Waals surface area contributed by atoms with E-state index in [4.69, 9.17) is 4.98 Å². The predicted molar refractivity (Wildman–Crippen MR) is 91.3 cm³/mol. The largest absolute Gasteiger partial charge is 0.343 e. The van der Waals surface area contributed by atoms with Crippen molar-refractivity contribution < 1.29 is 0 Å². The number of aromatic nitrogens is 2. The number of anilines is 1. The molecule has 120 valence electrons. The van der Waals surface area contributed by atoms with Crippen LogP contribution >= 0.6 is 11.5 Å². The van der Waals surface area contributed by atoms with Gasteiger partial charge in [-0.1, -0.05) is 20.8 Å². The van der Waals surface area contributed by atoms with Crippen LogP contribution in [0.2, 0.25) is 0 Å². The third-order valence-electron chi connectivity index (χ3n) is 3.83. The molecule has 0 saturated carbocycles. The van der Waals surface area contributed by atoms with Gasteiger partial charge in [-0.3, -0.25) is 0 Å². The quantitative estimate of drug-likeness (QED) is 0.926. The van der Waals surface area contributed by atoms with Crippen LogP contribution in [0.1, 0.15) is 66.6 Å². The monoisotopic (exact) mass is 310 g/mol. The highest BCUT2D eigenvalue weighted by atomic mass is 32.1. The Hall–Kier alpha value is -0.680. The molecule has 2 rings (SSSR count). The minimum atomic E-state index is 0.0314. The van der Waals surface area contributed by atoms with E-state index in [1.54, 1.807) is 11.5 Å². The maximum atomic E-state index is 4.81. The fourth-order valence-electron chi connectivity index (χ4n) is 2.53. The van der Waals surface area contributed by atoms with E-state index in [9.17, 15) is 0 Å². The van der Waals surface area contributed by atoms with Gasteiger partial charge in [0.05, 0.1) is 0 Å². The van der Waals surface area contributed by atoms with E-state index in [1.807, 2.05) is 0 Å². The first-order chi connectivity index (χ1) is 9.67. The van der Waals surface area contributed by atoms with E-state index in [1.165, 1.54) is 19.3 Å². The van der Waals surface area contributed by atoms with Gasteiger partial charge in [-0.25, -0.2) is 4.98 Å². The lowest BCUT2D eigenvalue weighted by molar-refractivity contribution is 0.366. The molecule has 1 fully saturated rings. The molecule has 1 saturated heterocycles. The van der Waals surface area contributed by atoms with Crippen LogP contribution in [-0.2, 0) is 5.41 Å². The summed E-state index contributed by atoms with van der Waals surface area (Å²) in [4.78, 5) is 7.27. The third kappa shape index (κ3) is 4.65. The second-order valence-electron chi connectivity index (χ2n) is 8.12. The molecule has 1 atom stereocenters. The van der Waals surface area contributed by atoms with E-state index in [-0.39, 0.29) is 11.0 Å². The van der Waals surface area contributed by atoms with Crippen molar-refractivity contribution in [3.8, 4) is 0 Å².